The molecule has 0 bridgehead atoms. The number of carbonyl (C=O) groups excluding carboxylic acids is 1. The molecule has 1 amide bonds. The fraction of sp³-hybridized carbons (Fsp3) is 0.933. The Hall–Kier alpha value is -0.690. The molecule has 6 nitrogen and oxygen atoms in total. The molecule has 0 aromatic rings. The Bertz CT molecular complexity index is 344. The third-order valence-electron chi connectivity index (χ3n) is 4.74. The maximum atomic E-state index is 12.9. The van der Waals surface area contributed by atoms with Gasteiger partial charge in [0.25, 0.3) is 0 Å². The highest BCUT2D eigenvalue weighted by Gasteiger charge is 2.43. The van der Waals surface area contributed by atoms with Gasteiger partial charge in [0.1, 0.15) is 0 Å². The molecule has 2 heterocycles. The SMILES string of the molecule is COCC1(C(=O)N(C)CC2(O)CCOCC2)CCNCC1. The summed E-state index contributed by atoms with van der Waals surface area (Å²) in [4.78, 5) is 14.6. The van der Waals surface area contributed by atoms with E-state index in [1.165, 1.54) is 0 Å². The quantitative estimate of drug-likeness (QED) is 0.748. The molecule has 21 heavy (non-hydrogen) atoms. The predicted molar refractivity (Wildman–Crippen MR) is 79.1 cm³/mol. The van der Waals surface area contributed by atoms with E-state index in [0.717, 1.165) is 25.9 Å². The molecule has 0 unspecified atom stereocenters. The Morgan fingerprint density at radius 3 is 2.48 bits per heavy atom. The molecule has 2 aliphatic rings. The van der Waals surface area contributed by atoms with Gasteiger partial charge in [-0.3, -0.25) is 4.79 Å². The summed E-state index contributed by atoms with van der Waals surface area (Å²) >= 11 is 0. The Morgan fingerprint density at radius 1 is 1.29 bits per heavy atom. The topological polar surface area (TPSA) is 71.0 Å². The third-order valence-corrected chi connectivity index (χ3v) is 4.74. The minimum absolute atomic E-state index is 0.0887. The first-order chi connectivity index (χ1) is 10.0. The van der Waals surface area contributed by atoms with Crippen LogP contribution in [0.2, 0.25) is 0 Å². The molecule has 0 saturated carbocycles. The van der Waals surface area contributed by atoms with Gasteiger partial charge in [0.15, 0.2) is 0 Å². The van der Waals surface area contributed by atoms with Gasteiger partial charge in [-0.15, -0.1) is 0 Å². The van der Waals surface area contributed by atoms with Crippen molar-refractivity contribution in [3.8, 4) is 0 Å². The van der Waals surface area contributed by atoms with Crippen LogP contribution in [0.1, 0.15) is 25.7 Å². The van der Waals surface area contributed by atoms with E-state index in [9.17, 15) is 9.90 Å². The van der Waals surface area contributed by atoms with E-state index in [0.29, 0.717) is 39.2 Å². The van der Waals surface area contributed by atoms with Gasteiger partial charge in [0, 0.05) is 46.8 Å². The van der Waals surface area contributed by atoms with E-state index in [1.807, 2.05) is 0 Å². The Balaban J connectivity index is 2.01. The number of methoxy groups -OCH3 is 1. The molecule has 0 radical (unpaired) electrons. The van der Waals surface area contributed by atoms with E-state index in [1.54, 1.807) is 19.1 Å². The number of hydrogen-bond donors (Lipinski definition) is 2. The minimum Gasteiger partial charge on any atom is -0.388 e. The second-order valence-electron chi connectivity index (χ2n) is 6.46. The van der Waals surface area contributed by atoms with Gasteiger partial charge in [-0.1, -0.05) is 0 Å². The molecule has 122 valence electrons. The van der Waals surface area contributed by atoms with Gasteiger partial charge in [-0.2, -0.15) is 0 Å². The van der Waals surface area contributed by atoms with Crippen LogP contribution in [0.4, 0.5) is 0 Å². The van der Waals surface area contributed by atoms with Crippen molar-refractivity contribution in [1.82, 2.24) is 10.2 Å². The average molecular weight is 300 g/mol. The molecule has 0 aromatic heterocycles. The van der Waals surface area contributed by atoms with Crippen molar-refractivity contribution in [2.75, 3.05) is 53.6 Å². The van der Waals surface area contributed by atoms with E-state index in [4.69, 9.17) is 9.47 Å². The van der Waals surface area contributed by atoms with Gasteiger partial charge in [-0.05, 0) is 25.9 Å². The van der Waals surface area contributed by atoms with Crippen molar-refractivity contribution >= 4 is 5.91 Å². The molecule has 0 aliphatic carbocycles. The van der Waals surface area contributed by atoms with E-state index >= 15 is 0 Å². The number of amides is 1. The van der Waals surface area contributed by atoms with Crippen LogP contribution in [0.3, 0.4) is 0 Å². The first kappa shape index (κ1) is 16.7. The van der Waals surface area contributed by atoms with Crippen molar-refractivity contribution in [2.45, 2.75) is 31.3 Å². The van der Waals surface area contributed by atoms with Crippen molar-refractivity contribution in [1.29, 1.82) is 0 Å². The van der Waals surface area contributed by atoms with Crippen LogP contribution in [0, 0.1) is 5.41 Å². The molecule has 0 aromatic carbocycles. The molecule has 0 atom stereocenters. The van der Waals surface area contributed by atoms with Crippen LogP contribution in [0.5, 0.6) is 0 Å². The summed E-state index contributed by atoms with van der Waals surface area (Å²) in [5.74, 6) is 0.0887. The van der Waals surface area contributed by atoms with Crippen LogP contribution in [-0.4, -0.2) is 75.1 Å². The van der Waals surface area contributed by atoms with E-state index < -0.39 is 11.0 Å². The highest BCUT2D eigenvalue weighted by molar-refractivity contribution is 5.83. The summed E-state index contributed by atoms with van der Waals surface area (Å²) in [6.45, 7) is 3.60. The lowest BCUT2D eigenvalue weighted by atomic mass is 9.78. The molecule has 2 rings (SSSR count). The maximum absolute atomic E-state index is 12.9. The van der Waals surface area contributed by atoms with Gasteiger partial charge in [0.2, 0.25) is 5.91 Å². The van der Waals surface area contributed by atoms with Crippen molar-refractivity contribution in [3.05, 3.63) is 0 Å². The zero-order chi connectivity index (χ0) is 15.3. The normalized spacial score (nSPS) is 24.5. The minimum atomic E-state index is -0.816. The fourth-order valence-corrected chi connectivity index (χ4v) is 3.43. The molecule has 2 saturated heterocycles. The molecule has 2 N–H and O–H groups in total. The number of piperidine rings is 1. The van der Waals surface area contributed by atoms with Crippen molar-refractivity contribution in [3.63, 3.8) is 0 Å². The van der Waals surface area contributed by atoms with Crippen LogP contribution < -0.4 is 5.32 Å². The summed E-state index contributed by atoms with van der Waals surface area (Å²) in [6, 6.07) is 0. The number of carbonyl (C=O) groups is 1. The zero-order valence-corrected chi connectivity index (χ0v) is 13.2. The Kier molecular flexibility index (Phi) is 5.60. The number of nitrogens with one attached hydrogen (secondary N) is 1. The van der Waals surface area contributed by atoms with E-state index in [-0.39, 0.29) is 5.91 Å². The monoisotopic (exact) mass is 300 g/mol. The highest BCUT2D eigenvalue weighted by Crippen LogP contribution is 2.32. The number of hydrogen-bond acceptors (Lipinski definition) is 5. The molecule has 6 heteroatoms. The van der Waals surface area contributed by atoms with Crippen molar-refractivity contribution in [2.24, 2.45) is 5.41 Å². The number of likely N-dealkylation sites (N-methyl/N-ethyl adjacent to an activating group) is 1. The summed E-state index contributed by atoms with van der Waals surface area (Å²) in [5.41, 5.74) is -1.26. The molecule has 0 spiro atoms. The van der Waals surface area contributed by atoms with Gasteiger partial charge in [0.05, 0.1) is 17.6 Å². The van der Waals surface area contributed by atoms with E-state index in [2.05, 4.69) is 5.32 Å². The summed E-state index contributed by atoms with van der Waals surface area (Å²) in [7, 11) is 3.43. The second kappa shape index (κ2) is 7.05. The summed E-state index contributed by atoms with van der Waals surface area (Å²) in [5, 5.41) is 13.9. The lowest BCUT2D eigenvalue weighted by Crippen LogP contribution is -2.54. The fourth-order valence-electron chi connectivity index (χ4n) is 3.43. The Morgan fingerprint density at radius 2 is 1.90 bits per heavy atom. The van der Waals surface area contributed by atoms with Crippen LogP contribution in [-0.2, 0) is 14.3 Å². The largest absolute Gasteiger partial charge is 0.388 e. The smallest absolute Gasteiger partial charge is 0.231 e. The molecular formula is C15H28N2O4. The molecular weight excluding hydrogens is 272 g/mol. The summed E-state index contributed by atoms with van der Waals surface area (Å²) < 4.78 is 10.6. The predicted octanol–water partition coefficient (Wildman–Crippen LogP) is 0.00250. The standard InChI is InChI=1S/C15H28N2O4/c1-17(11-15(19)5-9-21-10-6-15)13(18)14(12-20-2)3-7-16-8-4-14/h16,19H,3-12H2,1-2H3. The lowest BCUT2D eigenvalue weighted by molar-refractivity contribution is -0.152. The van der Waals surface area contributed by atoms with Crippen LogP contribution in [0.25, 0.3) is 0 Å². The van der Waals surface area contributed by atoms with Gasteiger partial charge < -0.3 is 24.8 Å². The Labute approximate surface area is 126 Å². The lowest BCUT2D eigenvalue weighted by Gasteiger charge is -2.41. The maximum Gasteiger partial charge on any atom is 0.231 e. The number of nitrogens with zero attached hydrogens (tertiary/aromatic N) is 1. The first-order valence-electron chi connectivity index (χ1n) is 7.77. The van der Waals surface area contributed by atoms with Crippen molar-refractivity contribution < 1.29 is 19.4 Å². The van der Waals surface area contributed by atoms with Crippen LogP contribution in [0.15, 0.2) is 0 Å². The number of ether oxygens (including phenoxy) is 2. The second-order valence-corrected chi connectivity index (χ2v) is 6.46. The van der Waals surface area contributed by atoms with Gasteiger partial charge >= 0.3 is 0 Å². The zero-order valence-electron chi connectivity index (χ0n) is 13.2. The highest BCUT2D eigenvalue weighted by atomic mass is 16.5. The first-order valence-corrected chi connectivity index (χ1v) is 7.77. The summed E-state index contributed by atoms with van der Waals surface area (Å²) in [6.07, 6.45) is 2.74. The average Bonchev–Trinajstić information content (AvgIpc) is 2.48. The third kappa shape index (κ3) is 3.94. The van der Waals surface area contributed by atoms with Crippen LogP contribution >= 0.6 is 0 Å². The number of aliphatic hydroxyl groups is 1. The molecule has 2 aliphatic heterocycles. The van der Waals surface area contributed by atoms with Gasteiger partial charge in [-0.25, -0.2) is 0 Å². The molecule has 2 fully saturated rings. The number of rotatable bonds is 5.